The summed E-state index contributed by atoms with van der Waals surface area (Å²) in [5, 5.41) is 2.78. The van der Waals surface area contributed by atoms with Crippen molar-refractivity contribution in [1.29, 1.82) is 0 Å². The lowest BCUT2D eigenvalue weighted by atomic mass is 10.1. The molecule has 5 nitrogen and oxygen atoms in total. The Kier molecular flexibility index (Phi) is 5.98. The number of rotatable bonds is 7. The maximum Gasteiger partial charge on any atom is 0.254 e. The van der Waals surface area contributed by atoms with Gasteiger partial charge in [0.25, 0.3) is 5.91 Å². The molecule has 4 aromatic rings. The summed E-state index contributed by atoms with van der Waals surface area (Å²) in [6.45, 7) is 5.29. The Morgan fingerprint density at radius 2 is 1.74 bits per heavy atom. The number of hydrogen-bond donors (Lipinski definition) is 1. The van der Waals surface area contributed by atoms with Crippen LogP contribution in [0.3, 0.4) is 0 Å². The molecule has 0 aliphatic heterocycles. The number of carbonyl (C=O) groups is 1. The fraction of sp³-hybridized carbons (Fsp3) is 0.200. The molecule has 0 bridgehead atoms. The number of imidazole rings is 1. The Labute approximate surface area is 180 Å². The van der Waals surface area contributed by atoms with Crippen LogP contribution in [0.2, 0.25) is 0 Å². The molecule has 0 fully saturated rings. The fourth-order valence-electron chi connectivity index (χ4n) is 3.68. The van der Waals surface area contributed by atoms with Crippen molar-refractivity contribution in [2.45, 2.75) is 26.9 Å². The number of carbonyl (C=O) groups excluding carboxylic acids is 1. The zero-order valence-electron chi connectivity index (χ0n) is 17.6. The van der Waals surface area contributed by atoms with E-state index >= 15 is 0 Å². The molecule has 1 N–H and O–H groups in total. The van der Waals surface area contributed by atoms with E-state index in [0.717, 1.165) is 27.9 Å². The molecule has 0 saturated heterocycles. The van der Waals surface area contributed by atoms with Gasteiger partial charge in [0.2, 0.25) is 0 Å². The second-order valence-electron chi connectivity index (χ2n) is 7.50. The Balaban J connectivity index is 1.50. The Morgan fingerprint density at radius 1 is 1.03 bits per heavy atom. The molecular weight excluding hydrogens is 393 g/mol. The first-order valence-electron chi connectivity index (χ1n) is 10.2. The summed E-state index contributed by atoms with van der Waals surface area (Å²) in [6, 6.07) is 19.8. The topological polar surface area (TPSA) is 56.1 Å². The number of para-hydroxylation sites is 2. The molecule has 0 radical (unpaired) electrons. The lowest BCUT2D eigenvalue weighted by Gasteiger charge is -2.12. The van der Waals surface area contributed by atoms with Crippen LogP contribution in [-0.2, 0) is 13.1 Å². The Bertz CT molecular complexity index is 1210. The molecule has 158 valence electrons. The highest BCUT2D eigenvalue weighted by molar-refractivity contribution is 5.94. The number of benzene rings is 3. The van der Waals surface area contributed by atoms with Crippen LogP contribution in [0.5, 0.6) is 5.75 Å². The van der Waals surface area contributed by atoms with Crippen LogP contribution < -0.4 is 10.1 Å². The van der Waals surface area contributed by atoms with Crippen molar-refractivity contribution in [3.8, 4) is 5.75 Å². The average Bonchev–Trinajstić information content (AvgIpc) is 3.09. The summed E-state index contributed by atoms with van der Waals surface area (Å²) in [5.74, 6) is 0.504. The van der Waals surface area contributed by atoms with Gasteiger partial charge < -0.3 is 14.6 Å². The van der Waals surface area contributed by atoms with Crippen LogP contribution in [0.15, 0.2) is 66.7 Å². The van der Waals surface area contributed by atoms with Gasteiger partial charge in [0.1, 0.15) is 24.0 Å². The molecule has 1 heterocycles. The van der Waals surface area contributed by atoms with E-state index in [9.17, 15) is 9.18 Å². The summed E-state index contributed by atoms with van der Waals surface area (Å²) in [5.41, 5.74) is 4.12. The van der Waals surface area contributed by atoms with E-state index < -0.39 is 11.7 Å². The van der Waals surface area contributed by atoms with Gasteiger partial charge in [-0.3, -0.25) is 4.79 Å². The minimum absolute atomic E-state index is 0.0170. The zero-order chi connectivity index (χ0) is 21.8. The van der Waals surface area contributed by atoms with Gasteiger partial charge in [0, 0.05) is 0 Å². The van der Waals surface area contributed by atoms with Gasteiger partial charge in [0.05, 0.1) is 29.7 Å². The third-order valence-corrected chi connectivity index (χ3v) is 5.04. The molecular formula is C25H24FN3O2. The normalized spacial score (nSPS) is 10.9. The van der Waals surface area contributed by atoms with Crippen molar-refractivity contribution < 1.29 is 13.9 Å². The van der Waals surface area contributed by atoms with Gasteiger partial charge in [0.15, 0.2) is 0 Å². The molecule has 31 heavy (non-hydrogen) atoms. The van der Waals surface area contributed by atoms with Gasteiger partial charge in [-0.25, -0.2) is 9.37 Å². The number of hydrogen-bond acceptors (Lipinski definition) is 3. The van der Waals surface area contributed by atoms with E-state index in [2.05, 4.69) is 16.4 Å². The summed E-state index contributed by atoms with van der Waals surface area (Å²) >= 11 is 0. The standard InChI is InChI=1S/C25H24FN3O2/c1-17-13-18(2)15-19(14-17)31-12-11-29-23-10-6-5-9-22(23)28-24(29)16-27-25(30)20-7-3-4-8-21(20)26/h3-10,13-15H,11-12,16H2,1-2H3,(H,27,30). The first kappa shape index (κ1) is 20.6. The number of aromatic nitrogens is 2. The van der Waals surface area contributed by atoms with Crippen molar-refractivity contribution in [2.24, 2.45) is 0 Å². The Hall–Kier alpha value is -3.67. The van der Waals surface area contributed by atoms with E-state index in [1.165, 1.54) is 12.1 Å². The van der Waals surface area contributed by atoms with Gasteiger partial charge in [-0.2, -0.15) is 0 Å². The van der Waals surface area contributed by atoms with Crippen LogP contribution in [0.25, 0.3) is 11.0 Å². The van der Waals surface area contributed by atoms with Gasteiger partial charge in [-0.1, -0.05) is 30.3 Å². The SMILES string of the molecule is Cc1cc(C)cc(OCCn2c(CNC(=O)c3ccccc3F)nc3ccccc32)c1. The van der Waals surface area contributed by atoms with E-state index in [4.69, 9.17) is 4.74 Å². The van der Waals surface area contributed by atoms with E-state index in [-0.39, 0.29) is 12.1 Å². The number of ether oxygens (including phenoxy) is 1. The van der Waals surface area contributed by atoms with E-state index in [1.54, 1.807) is 12.1 Å². The Morgan fingerprint density at radius 3 is 2.52 bits per heavy atom. The zero-order valence-corrected chi connectivity index (χ0v) is 17.6. The highest BCUT2D eigenvalue weighted by Crippen LogP contribution is 2.19. The van der Waals surface area contributed by atoms with Gasteiger partial charge >= 0.3 is 0 Å². The molecule has 0 unspecified atom stereocenters. The monoisotopic (exact) mass is 417 g/mol. The quantitative estimate of drug-likeness (QED) is 0.470. The van der Waals surface area contributed by atoms with E-state index in [1.807, 2.05) is 54.8 Å². The molecule has 0 atom stereocenters. The maximum atomic E-state index is 13.9. The number of nitrogens with one attached hydrogen (secondary N) is 1. The van der Waals surface area contributed by atoms with Gasteiger partial charge in [-0.05, 0) is 61.4 Å². The summed E-state index contributed by atoms with van der Waals surface area (Å²) in [6.07, 6.45) is 0. The molecule has 6 heteroatoms. The predicted molar refractivity (Wildman–Crippen MR) is 119 cm³/mol. The summed E-state index contributed by atoms with van der Waals surface area (Å²) in [7, 11) is 0. The molecule has 0 spiro atoms. The summed E-state index contributed by atoms with van der Waals surface area (Å²) in [4.78, 5) is 17.1. The molecule has 0 aliphatic rings. The van der Waals surface area contributed by atoms with Crippen LogP contribution in [-0.4, -0.2) is 22.1 Å². The highest BCUT2D eigenvalue weighted by Gasteiger charge is 2.14. The van der Waals surface area contributed by atoms with Crippen molar-refractivity contribution in [3.05, 3.63) is 95.1 Å². The van der Waals surface area contributed by atoms with Crippen LogP contribution in [0.4, 0.5) is 4.39 Å². The lowest BCUT2D eigenvalue weighted by molar-refractivity contribution is 0.0945. The third-order valence-electron chi connectivity index (χ3n) is 5.04. The number of aryl methyl sites for hydroxylation is 2. The smallest absolute Gasteiger partial charge is 0.254 e. The van der Waals surface area contributed by atoms with Crippen LogP contribution >= 0.6 is 0 Å². The highest BCUT2D eigenvalue weighted by atomic mass is 19.1. The number of halogens is 1. The second-order valence-corrected chi connectivity index (χ2v) is 7.50. The lowest BCUT2D eigenvalue weighted by Crippen LogP contribution is -2.26. The first-order valence-corrected chi connectivity index (χ1v) is 10.2. The molecule has 3 aromatic carbocycles. The van der Waals surface area contributed by atoms with Crippen molar-refractivity contribution >= 4 is 16.9 Å². The second kappa shape index (κ2) is 9.00. The van der Waals surface area contributed by atoms with Crippen LogP contribution in [0, 0.1) is 19.7 Å². The average molecular weight is 417 g/mol. The van der Waals surface area contributed by atoms with Crippen molar-refractivity contribution in [2.75, 3.05) is 6.61 Å². The largest absolute Gasteiger partial charge is 0.492 e. The molecule has 0 saturated carbocycles. The predicted octanol–water partition coefficient (Wildman–Crippen LogP) is 4.80. The van der Waals surface area contributed by atoms with E-state index in [0.29, 0.717) is 19.0 Å². The maximum absolute atomic E-state index is 13.9. The van der Waals surface area contributed by atoms with Crippen molar-refractivity contribution in [1.82, 2.24) is 14.9 Å². The molecule has 0 aliphatic carbocycles. The van der Waals surface area contributed by atoms with Crippen molar-refractivity contribution in [3.63, 3.8) is 0 Å². The van der Waals surface area contributed by atoms with Crippen LogP contribution in [0.1, 0.15) is 27.3 Å². The fourth-order valence-corrected chi connectivity index (χ4v) is 3.68. The van der Waals surface area contributed by atoms with Gasteiger partial charge in [-0.15, -0.1) is 0 Å². The molecule has 1 amide bonds. The third kappa shape index (κ3) is 4.74. The molecule has 4 rings (SSSR count). The summed E-state index contributed by atoms with van der Waals surface area (Å²) < 4.78 is 21.9. The molecule has 1 aromatic heterocycles. The number of nitrogens with zero attached hydrogens (tertiary/aromatic N) is 2. The number of fused-ring (bicyclic) bond motifs is 1. The first-order chi connectivity index (χ1) is 15.0. The number of amides is 1. The minimum Gasteiger partial charge on any atom is -0.492 e. The minimum atomic E-state index is -0.546.